The van der Waals surface area contributed by atoms with Gasteiger partial charge in [-0.05, 0) is 38.8 Å². The van der Waals surface area contributed by atoms with E-state index in [1.807, 2.05) is 31.2 Å². The smallest absolute Gasteiger partial charge is 0.125 e. The monoisotopic (exact) mass is 380 g/mol. The molecule has 0 aromatic heterocycles. The van der Waals surface area contributed by atoms with Crippen molar-refractivity contribution in [1.29, 1.82) is 0 Å². The minimum Gasteiger partial charge on any atom is -0.493 e. The molecular formula is C24H32N2O2. The molecule has 2 aliphatic heterocycles. The zero-order valence-corrected chi connectivity index (χ0v) is 17.4. The minimum absolute atomic E-state index is 0.0469. The second-order valence-corrected chi connectivity index (χ2v) is 7.61. The van der Waals surface area contributed by atoms with Gasteiger partial charge in [0.15, 0.2) is 0 Å². The zero-order valence-electron chi connectivity index (χ0n) is 17.4. The van der Waals surface area contributed by atoms with Gasteiger partial charge in [0.2, 0.25) is 0 Å². The summed E-state index contributed by atoms with van der Waals surface area (Å²) in [6.07, 6.45) is 12.6. The van der Waals surface area contributed by atoms with E-state index in [-0.39, 0.29) is 17.7 Å². The number of nitrogens with zero attached hydrogens (tertiary/aromatic N) is 1. The number of nitrogens with one attached hydrogen (secondary N) is 1. The molecule has 0 spiro atoms. The molecule has 0 saturated heterocycles. The average molecular weight is 381 g/mol. The third-order valence-corrected chi connectivity index (χ3v) is 5.27. The number of amidine groups is 1. The summed E-state index contributed by atoms with van der Waals surface area (Å²) >= 11 is 0. The normalized spacial score (nSPS) is 27.6. The van der Waals surface area contributed by atoms with Crippen molar-refractivity contribution < 1.29 is 9.47 Å². The molecule has 1 aromatic rings. The minimum atomic E-state index is -0.232. The number of aliphatic imine (C=N–C) groups is 1. The number of hydrogen-bond donors (Lipinski definition) is 1. The Bertz CT molecular complexity index is 794. The van der Waals surface area contributed by atoms with Crippen LogP contribution in [0.4, 0.5) is 0 Å². The first-order valence-electron chi connectivity index (χ1n) is 10.2. The summed E-state index contributed by atoms with van der Waals surface area (Å²) in [7, 11) is 0. The number of para-hydroxylation sites is 1. The van der Waals surface area contributed by atoms with E-state index in [0.29, 0.717) is 13.2 Å². The molecule has 3 rings (SSSR count). The van der Waals surface area contributed by atoms with E-state index < -0.39 is 0 Å². The topological polar surface area (TPSA) is 42.9 Å². The first-order valence-corrected chi connectivity index (χ1v) is 10.2. The first-order chi connectivity index (χ1) is 13.6. The predicted octanol–water partition coefficient (Wildman–Crippen LogP) is 5.14. The van der Waals surface area contributed by atoms with Gasteiger partial charge in [-0.1, -0.05) is 55.5 Å². The number of fused-ring (bicyclic) bond motifs is 1. The van der Waals surface area contributed by atoms with E-state index in [1.54, 1.807) is 0 Å². The molecule has 3 atom stereocenters. The van der Waals surface area contributed by atoms with E-state index in [2.05, 4.69) is 56.5 Å². The number of hydrogen-bond acceptors (Lipinski definition) is 4. The Labute approximate surface area is 169 Å². The molecule has 4 heteroatoms. The molecule has 28 heavy (non-hydrogen) atoms. The lowest BCUT2D eigenvalue weighted by Crippen LogP contribution is -2.47. The molecule has 1 aromatic carbocycles. The average Bonchev–Trinajstić information content (AvgIpc) is 3.05. The van der Waals surface area contributed by atoms with Crippen LogP contribution in [-0.4, -0.2) is 30.6 Å². The number of benzene rings is 1. The van der Waals surface area contributed by atoms with Crippen molar-refractivity contribution in [2.45, 2.75) is 58.2 Å². The lowest BCUT2D eigenvalue weighted by atomic mass is 9.88. The first kappa shape index (κ1) is 20.4. The molecule has 150 valence electrons. The van der Waals surface area contributed by atoms with Gasteiger partial charge in [0.25, 0.3) is 0 Å². The van der Waals surface area contributed by atoms with E-state index in [1.165, 1.54) is 5.57 Å². The maximum Gasteiger partial charge on any atom is 0.125 e. The molecule has 4 nitrogen and oxygen atoms in total. The molecular weight excluding hydrogens is 348 g/mol. The summed E-state index contributed by atoms with van der Waals surface area (Å²) in [5, 5.41) is 3.62. The van der Waals surface area contributed by atoms with Crippen LogP contribution in [0.25, 0.3) is 0 Å². The molecule has 2 aliphatic rings. The maximum atomic E-state index is 6.27. The van der Waals surface area contributed by atoms with Crippen molar-refractivity contribution in [3.05, 3.63) is 65.8 Å². The summed E-state index contributed by atoms with van der Waals surface area (Å²) in [4.78, 5) is 4.98. The van der Waals surface area contributed by atoms with Crippen LogP contribution >= 0.6 is 0 Å². The lowest BCUT2D eigenvalue weighted by molar-refractivity contribution is 0.0460. The third-order valence-electron chi connectivity index (χ3n) is 5.27. The fourth-order valence-electron chi connectivity index (χ4n) is 3.85. The van der Waals surface area contributed by atoms with Gasteiger partial charge in [0, 0.05) is 12.0 Å². The van der Waals surface area contributed by atoms with Gasteiger partial charge in [-0.2, -0.15) is 0 Å². The highest BCUT2D eigenvalue weighted by molar-refractivity contribution is 5.87. The number of allylic oxidation sites excluding steroid dienone is 4. The lowest BCUT2D eigenvalue weighted by Gasteiger charge is -2.29. The number of rotatable bonds is 7. The van der Waals surface area contributed by atoms with Gasteiger partial charge < -0.3 is 14.8 Å². The SMILES string of the molecule is C/C=C\C=C(/C)[C@H]1N=C(COC2CCOc3ccccc32)N[C@@]1(C)/C=C/CC. The van der Waals surface area contributed by atoms with Crippen LogP contribution in [0, 0.1) is 0 Å². The van der Waals surface area contributed by atoms with Crippen LogP contribution in [0.1, 0.15) is 52.2 Å². The summed E-state index contributed by atoms with van der Waals surface area (Å²) < 4.78 is 12.0. The molecule has 2 heterocycles. The van der Waals surface area contributed by atoms with E-state index in [0.717, 1.165) is 30.0 Å². The quantitative estimate of drug-likeness (QED) is 0.526. The van der Waals surface area contributed by atoms with Crippen molar-refractivity contribution in [1.82, 2.24) is 5.32 Å². The maximum absolute atomic E-state index is 6.27. The predicted molar refractivity (Wildman–Crippen MR) is 116 cm³/mol. The highest BCUT2D eigenvalue weighted by Crippen LogP contribution is 2.34. The second kappa shape index (κ2) is 9.24. The van der Waals surface area contributed by atoms with Gasteiger partial charge in [0.1, 0.15) is 18.2 Å². The van der Waals surface area contributed by atoms with Crippen molar-refractivity contribution in [3.8, 4) is 5.75 Å². The Morgan fingerprint density at radius 1 is 1.39 bits per heavy atom. The van der Waals surface area contributed by atoms with Gasteiger partial charge in [0.05, 0.1) is 24.3 Å². The second-order valence-electron chi connectivity index (χ2n) is 7.61. The van der Waals surface area contributed by atoms with Crippen LogP contribution in [0.2, 0.25) is 0 Å². The molecule has 1 unspecified atom stereocenters. The molecule has 0 aliphatic carbocycles. The summed E-state index contributed by atoms with van der Waals surface area (Å²) in [5.74, 6) is 1.84. The zero-order chi connectivity index (χ0) is 20.0. The third kappa shape index (κ3) is 4.56. The van der Waals surface area contributed by atoms with Crippen LogP contribution in [0.3, 0.4) is 0 Å². The molecule has 0 bridgehead atoms. The largest absolute Gasteiger partial charge is 0.493 e. The van der Waals surface area contributed by atoms with Gasteiger partial charge in [-0.25, -0.2) is 0 Å². The van der Waals surface area contributed by atoms with Gasteiger partial charge in [-0.15, -0.1) is 0 Å². The Morgan fingerprint density at radius 2 is 2.21 bits per heavy atom. The van der Waals surface area contributed by atoms with Crippen LogP contribution in [-0.2, 0) is 4.74 Å². The summed E-state index contributed by atoms with van der Waals surface area (Å²) in [6.45, 7) is 9.69. The van der Waals surface area contributed by atoms with Crippen molar-refractivity contribution in [2.75, 3.05) is 13.2 Å². The van der Waals surface area contributed by atoms with Crippen molar-refractivity contribution in [2.24, 2.45) is 4.99 Å². The molecule has 0 radical (unpaired) electrons. The van der Waals surface area contributed by atoms with Crippen molar-refractivity contribution >= 4 is 5.84 Å². The highest BCUT2D eigenvalue weighted by atomic mass is 16.5. The summed E-state index contributed by atoms with van der Waals surface area (Å²) in [5.41, 5.74) is 2.13. The molecule has 1 N–H and O–H groups in total. The van der Waals surface area contributed by atoms with E-state index in [9.17, 15) is 0 Å². The number of ether oxygens (including phenoxy) is 2. The summed E-state index contributed by atoms with van der Waals surface area (Å²) in [6, 6.07) is 8.19. The van der Waals surface area contributed by atoms with Crippen LogP contribution in [0.5, 0.6) is 5.75 Å². The molecule has 0 fully saturated rings. The highest BCUT2D eigenvalue weighted by Gasteiger charge is 2.39. The van der Waals surface area contributed by atoms with Crippen LogP contribution in [0.15, 0.2) is 65.2 Å². The fourth-order valence-corrected chi connectivity index (χ4v) is 3.85. The molecule has 0 saturated carbocycles. The van der Waals surface area contributed by atoms with Gasteiger partial charge in [-0.3, -0.25) is 4.99 Å². The standard InChI is InChI=1S/C24H32N2O2/c1-5-7-11-18(3)23-24(4,15-8-6-2)26-22(25-23)17-28-21-14-16-27-20-13-10-9-12-19(20)21/h5,7-13,15,21,23H,6,14,16-17H2,1-4H3,(H,25,26)/b7-5-,15-8+,18-11+/t21?,23-,24+/m1/s1. The Morgan fingerprint density at radius 3 is 3.00 bits per heavy atom. The Kier molecular flexibility index (Phi) is 6.74. The van der Waals surface area contributed by atoms with Crippen LogP contribution < -0.4 is 10.1 Å². The van der Waals surface area contributed by atoms with Crippen molar-refractivity contribution in [3.63, 3.8) is 0 Å². The van der Waals surface area contributed by atoms with E-state index >= 15 is 0 Å². The van der Waals surface area contributed by atoms with E-state index in [4.69, 9.17) is 14.5 Å². The Balaban J connectivity index is 1.74. The Hall–Kier alpha value is -2.33. The molecule has 0 amide bonds. The fraction of sp³-hybridized carbons (Fsp3) is 0.458. The van der Waals surface area contributed by atoms with Gasteiger partial charge >= 0.3 is 0 Å².